The maximum absolute atomic E-state index is 13.0. The van der Waals surface area contributed by atoms with Crippen LogP contribution in [0, 0.1) is 5.82 Å². The summed E-state index contributed by atoms with van der Waals surface area (Å²) >= 11 is 0. The normalized spacial score (nSPS) is 18.5. The SMILES string of the molecule is O=C(NCC(=O)N1CCN(c2ccc(F)cc2)CC1)NC1CCCCC1. The lowest BCUT2D eigenvalue weighted by atomic mass is 9.96. The van der Waals surface area contributed by atoms with Crippen molar-refractivity contribution in [2.45, 2.75) is 38.1 Å². The number of anilines is 1. The Bertz CT molecular complexity index is 608. The van der Waals surface area contributed by atoms with Crippen LogP contribution in [0.4, 0.5) is 14.9 Å². The van der Waals surface area contributed by atoms with Gasteiger partial charge in [0.2, 0.25) is 5.91 Å². The number of halogens is 1. The molecule has 3 amide bonds. The van der Waals surface area contributed by atoms with Crippen molar-refractivity contribution < 1.29 is 14.0 Å². The Balaban J connectivity index is 1.38. The van der Waals surface area contributed by atoms with Crippen molar-refractivity contribution in [3.63, 3.8) is 0 Å². The average Bonchev–Trinajstić information content (AvgIpc) is 2.68. The van der Waals surface area contributed by atoms with Crippen LogP contribution < -0.4 is 15.5 Å². The fourth-order valence-corrected chi connectivity index (χ4v) is 3.62. The fourth-order valence-electron chi connectivity index (χ4n) is 3.62. The molecule has 26 heavy (non-hydrogen) atoms. The van der Waals surface area contributed by atoms with Gasteiger partial charge in [-0.15, -0.1) is 0 Å². The second kappa shape index (κ2) is 8.87. The lowest BCUT2D eigenvalue weighted by Crippen LogP contribution is -2.52. The molecule has 3 rings (SSSR count). The monoisotopic (exact) mass is 362 g/mol. The lowest BCUT2D eigenvalue weighted by Gasteiger charge is -2.36. The maximum Gasteiger partial charge on any atom is 0.315 e. The molecule has 7 heteroatoms. The number of amides is 3. The van der Waals surface area contributed by atoms with E-state index in [-0.39, 0.29) is 30.3 Å². The largest absolute Gasteiger partial charge is 0.368 e. The van der Waals surface area contributed by atoms with Crippen molar-refractivity contribution in [2.75, 3.05) is 37.6 Å². The van der Waals surface area contributed by atoms with Gasteiger partial charge in [-0.2, -0.15) is 0 Å². The van der Waals surface area contributed by atoms with Crippen molar-refractivity contribution in [1.82, 2.24) is 15.5 Å². The number of carbonyl (C=O) groups is 2. The van der Waals surface area contributed by atoms with E-state index >= 15 is 0 Å². The molecule has 0 bridgehead atoms. The Morgan fingerprint density at radius 1 is 1.00 bits per heavy atom. The first-order valence-electron chi connectivity index (χ1n) is 9.44. The molecule has 1 aromatic carbocycles. The second-order valence-corrected chi connectivity index (χ2v) is 7.01. The summed E-state index contributed by atoms with van der Waals surface area (Å²) in [5.41, 5.74) is 0.962. The second-order valence-electron chi connectivity index (χ2n) is 7.01. The van der Waals surface area contributed by atoms with Gasteiger partial charge in [0, 0.05) is 37.9 Å². The van der Waals surface area contributed by atoms with E-state index in [1.165, 1.54) is 18.6 Å². The molecule has 1 saturated carbocycles. The van der Waals surface area contributed by atoms with Crippen LogP contribution in [-0.4, -0.2) is 55.6 Å². The highest BCUT2D eigenvalue weighted by Gasteiger charge is 2.22. The zero-order valence-corrected chi connectivity index (χ0v) is 15.0. The first kappa shape index (κ1) is 18.5. The third kappa shape index (κ3) is 5.09. The molecule has 142 valence electrons. The molecule has 2 aliphatic rings. The van der Waals surface area contributed by atoms with Crippen LogP contribution in [-0.2, 0) is 4.79 Å². The molecule has 2 N–H and O–H groups in total. The minimum absolute atomic E-state index is 0.0229. The molecule has 1 saturated heterocycles. The van der Waals surface area contributed by atoms with Gasteiger partial charge in [-0.3, -0.25) is 4.79 Å². The minimum Gasteiger partial charge on any atom is -0.368 e. The summed E-state index contributed by atoms with van der Waals surface area (Å²) in [4.78, 5) is 28.1. The standard InChI is InChI=1S/C19H27FN4O2/c20-15-6-8-17(9-7-15)23-10-12-24(13-11-23)18(25)14-21-19(26)22-16-4-2-1-3-5-16/h6-9,16H,1-5,10-14H2,(H2,21,22,26). The summed E-state index contributed by atoms with van der Waals surface area (Å²) in [7, 11) is 0. The van der Waals surface area contributed by atoms with Gasteiger partial charge >= 0.3 is 6.03 Å². The number of nitrogens with one attached hydrogen (secondary N) is 2. The molecule has 0 radical (unpaired) electrons. The van der Waals surface area contributed by atoms with E-state index in [2.05, 4.69) is 15.5 Å². The maximum atomic E-state index is 13.0. The zero-order valence-electron chi connectivity index (χ0n) is 15.0. The predicted molar refractivity (Wildman–Crippen MR) is 98.6 cm³/mol. The molecular formula is C19H27FN4O2. The number of nitrogens with zero attached hydrogens (tertiary/aromatic N) is 2. The van der Waals surface area contributed by atoms with Crippen LogP contribution in [0.2, 0.25) is 0 Å². The summed E-state index contributed by atoms with van der Waals surface area (Å²) in [6.45, 7) is 2.62. The van der Waals surface area contributed by atoms with Gasteiger partial charge in [0.15, 0.2) is 0 Å². The van der Waals surface area contributed by atoms with E-state index in [9.17, 15) is 14.0 Å². The molecule has 0 spiro atoms. The highest BCUT2D eigenvalue weighted by molar-refractivity contribution is 5.84. The van der Waals surface area contributed by atoms with Crippen molar-refractivity contribution in [2.24, 2.45) is 0 Å². The van der Waals surface area contributed by atoms with E-state index in [1.54, 1.807) is 17.0 Å². The number of rotatable bonds is 4. The first-order chi connectivity index (χ1) is 12.6. The van der Waals surface area contributed by atoms with Crippen LogP contribution in [0.1, 0.15) is 32.1 Å². The molecule has 1 aliphatic carbocycles. The molecule has 2 fully saturated rings. The fraction of sp³-hybridized carbons (Fsp3) is 0.579. The lowest BCUT2D eigenvalue weighted by molar-refractivity contribution is -0.130. The molecule has 1 heterocycles. The Kier molecular flexibility index (Phi) is 6.30. The first-order valence-corrected chi connectivity index (χ1v) is 9.44. The summed E-state index contributed by atoms with van der Waals surface area (Å²) in [5, 5.41) is 5.63. The highest BCUT2D eigenvalue weighted by atomic mass is 19.1. The van der Waals surface area contributed by atoms with Gasteiger partial charge < -0.3 is 20.4 Å². The van der Waals surface area contributed by atoms with E-state index in [4.69, 9.17) is 0 Å². The Morgan fingerprint density at radius 2 is 1.65 bits per heavy atom. The predicted octanol–water partition coefficient (Wildman–Crippen LogP) is 2.11. The Hall–Kier alpha value is -2.31. The highest BCUT2D eigenvalue weighted by Crippen LogP contribution is 2.18. The van der Waals surface area contributed by atoms with Crippen molar-refractivity contribution in [3.05, 3.63) is 30.1 Å². The van der Waals surface area contributed by atoms with Gasteiger partial charge in [-0.25, -0.2) is 9.18 Å². The summed E-state index contributed by atoms with van der Waals surface area (Å²) in [6, 6.07) is 6.38. The van der Waals surface area contributed by atoms with Crippen LogP contribution in [0.15, 0.2) is 24.3 Å². The topological polar surface area (TPSA) is 64.7 Å². The van der Waals surface area contributed by atoms with Crippen LogP contribution in [0.25, 0.3) is 0 Å². The summed E-state index contributed by atoms with van der Waals surface area (Å²) in [5.74, 6) is -0.317. The van der Waals surface area contributed by atoms with Crippen molar-refractivity contribution in [1.29, 1.82) is 0 Å². The van der Waals surface area contributed by atoms with Gasteiger partial charge in [-0.05, 0) is 37.1 Å². The van der Waals surface area contributed by atoms with Crippen LogP contribution in [0.5, 0.6) is 0 Å². The van der Waals surface area contributed by atoms with E-state index in [1.807, 2.05) is 0 Å². The van der Waals surface area contributed by atoms with E-state index in [0.29, 0.717) is 26.2 Å². The van der Waals surface area contributed by atoms with Gasteiger partial charge in [-0.1, -0.05) is 19.3 Å². The molecule has 0 unspecified atom stereocenters. The molecule has 1 aliphatic heterocycles. The Labute approximate surface area is 153 Å². The number of piperazine rings is 1. The number of urea groups is 1. The molecule has 0 aromatic heterocycles. The molecular weight excluding hydrogens is 335 g/mol. The van der Waals surface area contributed by atoms with Gasteiger partial charge in [0.25, 0.3) is 0 Å². The minimum atomic E-state index is -0.254. The number of benzene rings is 1. The molecule has 6 nitrogen and oxygen atoms in total. The zero-order chi connectivity index (χ0) is 18.4. The molecule has 0 atom stereocenters. The smallest absolute Gasteiger partial charge is 0.315 e. The van der Waals surface area contributed by atoms with E-state index in [0.717, 1.165) is 31.4 Å². The third-order valence-corrected chi connectivity index (χ3v) is 5.16. The van der Waals surface area contributed by atoms with Gasteiger partial charge in [0.1, 0.15) is 5.82 Å². The number of hydrogen-bond acceptors (Lipinski definition) is 3. The van der Waals surface area contributed by atoms with Gasteiger partial charge in [0.05, 0.1) is 6.54 Å². The quantitative estimate of drug-likeness (QED) is 0.862. The van der Waals surface area contributed by atoms with Crippen LogP contribution in [0.3, 0.4) is 0 Å². The Morgan fingerprint density at radius 3 is 2.31 bits per heavy atom. The average molecular weight is 362 g/mol. The van der Waals surface area contributed by atoms with Crippen molar-refractivity contribution in [3.8, 4) is 0 Å². The molecule has 1 aromatic rings. The van der Waals surface area contributed by atoms with Crippen molar-refractivity contribution >= 4 is 17.6 Å². The number of hydrogen-bond donors (Lipinski definition) is 2. The summed E-state index contributed by atoms with van der Waals surface area (Å²) < 4.78 is 13.0. The number of carbonyl (C=O) groups excluding carboxylic acids is 2. The van der Waals surface area contributed by atoms with E-state index < -0.39 is 0 Å². The van der Waals surface area contributed by atoms with Crippen LogP contribution >= 0.6 is 0 Å². The third-order valence-electron chi connectivity index (χ3n) is 5.16. The summed E-state index contributed by atoms with van der Waals surface area (Å²) in [6.07, 6.45) is 5.59.